The number of aryl methyl sites for hydroxylation is 1. The number of rotatable bonds is 4. The molecule has 1 atom stereocenters. The minimum absolute atomic E-state index is 0.0597. The zero-order chi connectivity index (χ0) is 26.7. The van der Waals surface area contributed by atoms with E-state index in [0.717, 1.165) is 41.1 Å². The molecule has 1 saturated carbocycles. The molecule has 3 aromatic rings. The monoisotopic (exact) mass is 524 g/mol. The second-order valence-electron chi connectivity index (χ2n) is 9.51. The number of thiazole rings is 1. The van der Waals surface area contributed by atoms with E-state index in [0.29, 0.717) is 23.5 Å². The Hall–Kier alpha value is -3.25. The van der Waals surface area contributed by atoms with E-state index in [1.54, 1.807) is 6.20 Å². The summed E-state index contributed by atoms with van der Waals surface area (Å²) in [6.07, 6.45) is -0.150. The van der Waals surface area contributed by atoms with E-state index in [1.165, 1.54) is 11.3 Å². The number of benzene rings is 1. The number of alkyl halides is 3. The number of carbonyl (C=O) groups is 1. The number of aliphatic hydroxyl groups is 1. The number of nitrogens with one attached hydrogen (secondary N) is 1. The van der Waals surface area contributed by atoms with E-state index in [4.69, 9.17) is 15.0 Å². The zero-order valence-corrected chi connectivity index (χ0v) is 20.7. The van der Waals surface area contributed by atoms with Crippen molar-refractivity contribution in [3.05, 3.63) is 52.9 Å². The summed E-state index contributed by atoms with van der Waals surface area (Å²) in [6.45, 7) is 6.24. The molecule has 1 aliphatic carbocycles. The van der Waals surface area contributed by atoms with Gasteiger partial charge in [-0.3, -0.25) is 0 Å². The van der Waals surface area contributed by atoms with Gasteiger partial charge in [-0.05, 0) is 67.3 Å². The third kappa shape index (κ3) is 7.14. The molecule has 0 bridgehead atoms. The number of nitrogens with zero attached hydrogens (tertiary/aromatic N) is 3. The number of anilines is 2. The number of carboxylic acid groups (broad SMARTS) is 2. The van der Waals surface area contributed by atoms with Crippen molar-refractivity contribution < 1.29 is 33.3 Å². The van der Waals surface area contributed by atoms with E-state index in [9.17, 15) is 18.3 Å². The highest BCUT2D eigenvalue weighted by Crippen LogP contribution is 2.48. The van der Waals surface area contributed by atoms with Gasteiger partial charge in [-0.15, -0.1) is 11.3 Å². The average molecular weight is 525 g/mol. The number of halogens is 3. The van der Waals surface area contributed by atoms with E-state index >= 15 is 0 Å². The average Bonchev–Trinajstić information content (AvgIpc) is 3.23. The summed E-state index contributed by atoms with van der Waals surface area (Å²) >= 11 is 1.45. The van der Waals surface area contributed by atoms with E-state index in [1.807, 2.05) is 25.1 Å². The topological polar surface area (TPSA) is 128 Å². The van der Waals surface area contributed by atoms with Crippen LogP contribution in [0.2, 0.25) is 0 Å². The first-order chi connectivity index (χ1) is 16.7. The summed E-state index contributed by atoms with van der Waals surface area (Å²) in [4.78, 5) is 21.4. The lowest BCUT2D eigenvalue weighted by Gasteiger charge is -2.40. The SMILES string of the molecule is Cc1cc(Nc2nccc(C(F)(F)F)n2)cc(-c2cnc([C@]3(O)CCCC(C)(C)C3)s2)c1.O=C(O)O. The molecule has 194 valence electrons. The summed E-state index contributed by atoms with van der Waals surface area (Å²) in [5.41, 5.74) is 0.489. The standard InChI is InChI=1S/C23H25F3N4OS.CH2O3/c1-14-9-15(11-16(10-14)29-20-27-8-5-18(30-20)23(24,25)26)17-12-28-19(32-17)22(31)7-4-6-21(2,3)13-22;2-1(3)4/h5,8-12,31H,4,6-7,13H2,1-3H3,(H,27,29,30);(H2,2,3,4)/t22-;/m0./s1. The third-order valence-corrected chi connectivity index (χ3v) is 6.92. The van der Waals surface area contributed by atoms with Crippen LogP contribution in [0, 0.1) is 12.3 Å². The predicted octanol–water partition coefficient (Wildman–Crippen LogP) is 6.68. The molecule has 36 heavy (non-hydrogen) atoms. The van der Waals surface area contributed by atoms with Crippen LogP contribution < -0.4 is 5.32 Å². The molecule has 0 amide bonds. The van der Waals surface area contributed by atoms with Gasteiger partial charge >= 0.3 is 12.3 Å². The Kier molecular flexibility index (Phi) is 7.89. The number of aromatic nitrogens is 3. The van der Waals surface area contributed by atoms with Crippen molar-refractivity contribution in [1.29, 1.82) is 0 Å². The van der Waals surface area contributed by atoms with Crippen LogP contribution in [-0.4, -0.2) is 36.4 Å². The summed E-state index contributed by atoms with van der Waals surface area (Å²) < 4.78 is 38.8. The Morgan fingerprint density at radius 3 is 2.47 bits per heavy atom. The van der Waals surface area contributed by atoms with Crippen molar-refractivity contribution in [2.24, 2.45) is 5.41 Å². The normalized spacial score (nSPS) is 19.2. The molecule has 0 unspecified atom stereocenters. The van der Waals surface area contributed by atoms with E-state index in [-0.39, 0.29) is 11.4 Å². The van der Waals surface area contributed by atoms with Gasteiger partial charge in [-0.2, -0.15) is 13.2 Å². The van der Waals surface area contributed by atoms with E-state index in [2.05, 4.69) is 34.1 Å². The fourth-order valence-corrected chi connectivity index (χ4v) is 5.36. The van der Waals surface area contributed by atoms with Crippen molar-refractivity contribution in [1.82, 2.24) is 15.0 Å². The molecule has 2 heterocycles. The van der Waals surface area contributed by atoms with Crippen molar-refractivity contribution in [2.45, 2.75) is 58.2 Å². The van der Waals surface area contributed by atoms with Crippen molar-refractivity contribution in [3.8, 4) is 10.4 Å². The predicted molar refractivity (Wildman–Crippen MR) is 129 cm³/mol. The minimum Gasteiger partial charge on any atom is -0.450 e. The summed E-state index contributed by atoms with van der Waals surface area (Å²) in [7, 11) is 0. The Labute approximate surface area is 209 Å². The van der Waals surface area contributed by atoms with Crippen molar-refractivity contribution in [3.63, 3.8) is 0 Å². The van der Waals surface area contributed by atoms with Crippen LogP contribution >= 0.6 is 11.3 Å². The zero-order valence-electron chi connectivity index (χ0n) is 19.9. The number of hydrogen-bond acceptors (Lipinski definition) is 7. The highest BCUT2D eigenvalue weighted by molar-refractivity contribution is 7.15. The van der Waals surface area contributed by atoms with Crippen LogP contribution in [0.3, 0.4) is 0 Å². The van der Waals surface area contributed by atoms with Crippen molar-refractivity contribution >= 4 is 29.1 Å². The lowest BCUT2D eigenvalue weighted by molar-refractivity contribution is -0.141. The van der Waals surface area contributed by atoms with Gasteiger partial charge in [-0.1, -0.05) is 19.9 Å². The molecule has 2 aromatic heterocycles. The lowest BCUT2D eigenvalue weighted by atomic mass is 9.70. The van der Waals surface area contributed by atoms with Crippen LogP contribution in [0.15, 0.2) is 36.7 Å². The molecule has 4 rings (SSSR count). The van der Waals surface area contributed by atoms with Crippen LogP contribution in [-0.2, 0) is 11.8 Å². The van der Waals surface area contributed by atoms with Gasteiger partial charge in [0.15, 0.2) is 0 Å². The second kappa shape index (κ2) is 10.4. The molecule has 0 radical (unpaired) electrons. The van der Waals surface area contributed by atoms with Gasteiger partial charge in [0.2, 0.25) is 5.95 Å². The van der Waals surface area contributed by atoms with Crippen LogP contribution in [0.25, 0.3) is 10.4 Å². The molecule has 0 spiro atoms. The van der Waals surface area contributed by atoms with Gasteiger partial charge in [0.1, 0.15) is 16.3 Å². The van der Waals surface area contributed by atoms with Gasteiger partial charge < -0.3 is 20.6 Å². The molecule has 1 aromatic carbocycles. The lowest BCUT2D eigenvalue weighted by Crippen LogP contribution is -2.36. The first-order valence-electron chi connectivity index (χ1n) is 11.1. The summed E-state index contributed by atoms with van der Waals surface area (Å²) in [5.74, 6) is -0.125. The van der Waals surface area contributed by atoms with Crippen LogP contribution in [0.4, 0.5) is 29.6 Å². The van der Waals surface area contributed by atoms with Crippen molar-refractivity contribution in [2.75, 3.05) is 5.32 Å². The summed E-state index contributed by atoms with van der Waals surface area (Å²) in [5, 5.41) is 28.8. The van der Waals surface area contributed by atoms with E-state index < -0.39 is 23.6 Å². The molecule has 0 aliphatic heterocycles. The molecule has 1 fully saturated rings. The maximum atomic E-state index is 12.9. The molecule has 1 aliphatic rings. The maximum absolute atomic E-state index is 12.9. The Balaban J connectivity index is 0.000000840. The van der Waals surface area contributed by atoms with Gasteiger partial charge in [0, 0.05) is 18.1 Å². The molecule has 12 heteroatoms. The van der Waals surface area contributed by atoms with Crippen LogP contribution in [0.5, 0.6) is 0 Å². The first-order valence-corrected chi connectivity index (χ1v) is 11.9. The first kappa shape index (κ1) is 27.3. The van der Waals surface area contributed by atoms with Gasteiger partial charge in [0.25, 0.3) is 0 Å². The maximum Gasteiger partial charge on any atom is 0.503 e. The Morgan fingerprint density at radius 1 is 1.14 bits per heavy atom. The molecular formula is C24H27F3N4O4S. The highest BCUT2D eigenvalue weighted by atomic mass is 32.1. The quantitative estimate of drug-likeness (QED) is 0.297. The smallest absolute Gasteiger partial charge is 0.450 e. The second-order valence-corrected chi connectivity index (χ2v) is 10.5. The fraction of sp³-hybridized carbons (Fsp3) is 0.417. The Bertz CT molecular complexity index is 1230. The molecule has 8 nitrogen and oxygen atoms in total. The number of hydrogen-bond donors (Lipinski definition) is 4. The third-order valence-electron chi connectivity index (χ3n) is 5.68. The highest BCUT2D eigenvalue weighted by Gasteiger charge is 2.41. The molecule has 4 N–H and O–H groups in total. The van der Waals surface area contributed by atoms with Crippen LogP contribution in [0.1, 0.15) is 55.8 Å². The van der Waals surface area contributed by atoms with Gasteiger partial charge in [-0.25, -0.2) is 19.7 Å². The van der Waals surface area contributed by atoms with Gasteiger partial charge in [0.05, 0.1) is 4.88 Å². The fourth-order valence-electron chi connectivity index (χ4n) is 4.34. The minimum atomic E-state index is -4.54. The molecule has 0 saturated heterocycles. The summed E-state index contributed by atoms with van der Waals surface area (Å²) in [6, 6.07) is 6.45. The molecular weight excluding hydrogens is 497 g/mol. The Morgan fingerprint density at radius 2 is 1.83 bits per heavy atom. The largest absolute Gasteiger partial charge is 0.503 e.